The van der Waals surface area contributed by atoms with Crippen LogP contribution < -0.4 is 4.90 Å². The summed E-state index contributed by atoms with van der Waals surface area (Å²) in [5.41, 5.74) is 2.67. The summed E-state index contributed by atoms with van der Waals surface area (Å²) in [6.07, 6.45) is -5.88. The monoisotopic (exact) mass is 441 g/mol. The van der Waals surface area contributed by atoms with Crippen molar-refractivity contribution in [1.29, 1.82) is 0 Å². The molecule has 1 atom stereocenters. The Hall–Kier alpha value is -2.00. The molecular formula is C22H30F3N3O3. The number of carbonyl (C=O) groups excluding carboxylic acids is 1. The summed E-state index contributed by atoms with van der Waals surface area (Å²) < 4.78 is 47.8. The molecule has 3 aliphatic rings. The number of rotatable bonds is 4. The van der Waals surface area contributed by atoms with Gasteiger partial charge in [0.05, 0.1) is 13.2 Å². The zero-order valence-electron chi connectivity index (χ0n) is 17.9. The Morgan fingerprint density at radius 3 is 2.48 bits per heavy atom. The van der Waals surface area contributed by atoms with Crippen LogP contribution in [0.15, 0.2) is 24.3 Å². The van der Waals surface area contributed by atoms with Crippen LogP contribution in [0.1, 0.15) is 25.3 Å². The van der Waals surface area contributed by atoms with E-state index < -0.39 is 18.4 Å². The van der Waals surface area contributed by atoms with Gasteiger partial charge in [-0.25, -0.2) is 4.79 Å². The minimum absolute atomic E-state index is 0.161. The molecule has 1 aromatic rings. The maximum atomic E-state index is 12.6. The molecule has 3 saturated heterocycles. The fraction of sp³-hybridized carbons (Fsp3) is 0.682. The smallest absolute Gasteiger partial charge is 0.425 e. The zero-order valence-corrected chi connectivity index (χ0v) is 17.9. The van der Waals surface area contributed by atoms with E-state index in [9.17, 15) is 18.0 Å². The molecule has 3 heterocycles. The van der Waals surface area contributed by atoms with E-state index in [-0.39, 0.29) is 5.41 Å². The lowest BCUT2D eigenvalue weighted by molar-refractivity contribution is -0.200. The van der Waals surface area contributed by atoms with Crippen molar-refractivity contribution < 1.29 is 27.4 Å². The summed E-state index contributed by atoms with van der Waals surface area (Å²) in [7, 11) is 0. The highest BCUT2D eigenvalue weighted by atomic mass is 19.4. The number of hydrogen-bond donors (Lipinski definition) is 0. The molecule has 172 valence electrons. The van der Waals surface area contributed by atoms with Crippen molar-refractivity contribution in [3.63, 3.8) is 0 Å². The van der Waals surface area contributed by atoms with E-state index in [1.807, 2.05) is 0 Å². The molecule has 0 radical (unpaired) electrons. The van der Waals surface area contributed by atoms with E-state index in [1.165, 1.54) is 16.2 Å². The Kier molecular flexibility index (Phi) is 6.35. The van der Waals surface area contributed by atoms with E-state index in [0.29, 0.717) is 13.1 Å². The highest BCUT2D eigenvalue weighted by Crippen LogP contribution is 2.41. The van der Waals surface area contributed by atoms with Crippen LogP contribution in [-0.2, 0) is 16.0 Å². The van der Waals surface area contributed by atoms with Crippen LogP contribution in [0.5, 0.6) is 0 Å². The van der Waals surface area contributed by atoms with Gasteiger partial charge in [-0.05, 0) is 42.9 Å². The predicted molar refractivity (Wildman–Crippen MR) is 110 cm³/mol. The van der Waals surface area contributed by atoms with Gasteiger partial charge >= 0.3 is 12.3 Å². The third-order valence-electron chi connectivity index (χ3n) is 6.63. The highest BCUT2D eigenvalue weighted by Gasteiger charge is 2.46. The number of amides is 1. The van der Waals surface area contributed by atoms with Crippen molar-refractivity contribution in [2.75, 3.05) is 57.4 Å². The molecule has 9 heteroatoms. The largest absolute Gasteiger partial charge is 0.437 e. The van der Waals surface area contributed by atoms with Crippen LogP contribution >= 0.6 is 0 Å². The molecular weight excluding hydrogens is 411 g/mol. The maximum absolute atomic E-state index is 12.6. The van der Waals surface area contributed by atoms with Crippen molar-refractivity contribution >= 4 is 11.8 Å². The van der Waals surface area contributed by atoms with Crippen molar-refractivity contribution in [1.82, 2.24) is 9.80 Å². The molecule has 0 N–H and O–H groups in total. The van der Waals surface area contributed by atoms with Gasteiger partial charge in [0.15, 0.2) is 6.10 Å². The second-order valence-electron chi connectivity index (χ2n) is 8.97. The van der Waals surface area contributed by atoms with Gasteiger partial charge in [-0.15, -0.1) is 0 Å². The number of nitrogens with zero attached hydrogens (tertiary/aromatic N) is 3. The second-order valence-corrected chi connectivity index (χ2v) is 8.97. The summed E-state index contributed by atoms with van der Waals surface area (Å²) in [6, 6.07) is 8.63. The molecule has 1 unspecified atom stereocenters. The average Bonchev–Trinajstić information content (AvgIpc) is 2.73. The number of anilines is 1. The number of hydrogen-bond acceptors (Lipinski definition) is 5. The third-order valence-corrected chi connectivity index (χ3v) is 6.63. The van der Waals surface area contributed by atoms with Gasteiger partial charge in [-0.1, -0.05) is 12.1 Å². The fourth-order valence-corrected chi connectivity index (χ4v) is 4.72. The van der Waals surface area contributed by atoms with Gasteiger partial charge in [0.2, 0.25) is 0 Å². The number of ether oxygens (including phenoxy) is 2. The van der Waals surface area contributed by atoms with Gasteiger partial charge < -0.3 is 19.3 Å². The number of piperidine rings is 1. The van der Waals surface area contributed by atoms with Crippen molar-refractivity contribution in [2.45, 2.75) is 38.6 Å². The first-order chi connectivity index (χ1) is 14.7. The van der Waals surface area contributed by atoms with Gasteiger partial charge in [-0.3, -0.25) is 4.90 Å². The molecule has 6 nitrogen and oxygen atoms in total. The standard InChI is InChI=1S/C22H30F3N3O3/c1-17(22(23,24)25)31-20(29)28-7-5-21(6-8-28)15-26(16-21)14-18-3-2-4-19(13-18)27-9-11-30-12-10-27/h2-4,13,17H,5-12,14-16H2,1H3. The van der Waals surface area contributed by atoms with E-state index in [4.69, 9.17) is 4.74 Å². The molecule has 0 aliphatic carbocycles. The molecule has 3 fully saturated rings. The summed E-state index contributed by atoms with van der Waals surface area (Å²) in [6.45, 7) is 7.90. The van der Waals surface area contributed by atoms with Crippen LogP contribution in [0.3, 0.4) is 0 Å². The Balaban J connectivity index is 1.23. The lowest BCUT2D eigenvalue weighted by atomic mass is 9.72. The molecule has 1 amide bonds. The Morgan fingerprint density at radius 1 is 1.16 bits per heavy atom. The van der Waals surface area contributed by atoms with Crippen LogP contribution in [0.25, 0.3) is 0 Å². The molecule has 1 aromatic carbocycles. The van der Waals surface area contributed by atoms with Gasteiger partial charge in [0.1, 0.15) is 0 Å². The number of carbonyl (C=O) groups is 1. The first kappa shape index (κ1) is 22.2. The fourth-order valence-electron chi connectivity index (χ4n) is 4.72. The van der Waals surface area contributed by atoms with E-state index in [1.54, 1.807) is 0 Å². The van der Waals surface area contributed by atoms with E-state index in [0.717, 1.165) is 65.7 Å². The van der Waals surface area contributed by atoms with Gasteiger partial charge in [-0.2, -0.15) is 13.2 Å². The SMILES string of the molecule is CC(OC(=O)N1CCC2(CC1)CN(Cc1cccc(N3CCOCC3)c1)C2)C(F)(F)F. The number of alkyl halides is 3. The summed E-state index contributed by atoms with van der Waals surface area (Å²) in [4.78, 5) is 18.2. The minimum atomic E-state index is -4.53. The minimum Gasteiger partial charge on any atom is -0.437 e. The third kappa shape index (κ3) is 5.26. The predicted octanol–water partition coefficient (Wildman–Crippen LogP) is 3.51. The summed E-state index contributed by atoms with van der Waals surface area (Å²) >= 11 is 0. The number of halogens is 3. The molecule has 3 aliphatic heterocycles. The maximum Gasteiger partial charge on any atom is 0.425 e. The topological polar surface area (TPSA) is 45.2 Å². The number of benzene rings is 1. The molecule has 0 aromatic heterocycles. The molecule has 4 rings (SSSR count). The molecule has 1 spiro atoms. The Morgan fingerprint density at radius 2 is 1.84 bits per heavy atom. The van der Waals surface area contributed by atoms with Crippen molar-refractivity contribution in [2.24, 2.45) is 5.41 Å². The van der Waals surface area contributed by atoms with Crippen LogP contribution in [0.2, 0.25) is 0 Å². The summed E-state index contributed by atoms with van der Waals surface area (Å²) in [5.74, 6) is 0. The first-order valence-electron chi connectivity index (χ1n) is 10.9. The second kappa shape index (κ2) is 8.86. The average molecular weight is 441 g/mol. The quantitative estimate of drug-likeness (QED) is 0.716. The molecule has 0 bridgehead atoms. The highest BCUT2D eigenvalue weighted by molar-refractivity contribution is 5.68. The van der Waals surface area contributed by atoms with Gasteiger partial charge in [0.25, 0.3) is 0 Å². The lowest BCUT2D eigenvalue weighted by Gasteiger charge is -2.54. The zero-order chi connectivity index (χ0) is 22.1. The first-order valence-corrected chi connectivity index (χ1v) is 10.9. The molecule has 0 saturated carbocycles. The lowest BCUT2D eigenvalue weighted by Crippen LogP contribution is -2.60. The van der Waals surface area contributed by atoms with E-state index >= 15 is 0 Å². The van der Waals surface area contributed by atoms with Crippen LogP contribution in [0, 0.1) is 5.41 Å². The van der Waals surface area contributed by atoms with Crippen molar-refractivity contribution in [3.05, 3.63) is 29.8 Å². The van der Waals surface area contributed by atoms with Gasteiger partial charge in [0, 0.05) is 51.5 Å². The molecule has 31 heavy (non-hydrogen) atoms. The van der Waals surface area contributed by atoms with Crippen molar-refractivity contribution in [3.8, 4) is 0 Å². The van der Waals surface area contributed by atoms with Crippen LogP contribution in [0.4, 0.5) is 23.7 Å². The Labute approximate surface area is 180 Å². The van der Waals surface area contributed by atoms with Crippen LogP contribution in [-0.4, -0.2) is 80.7 Å². The Bertz CT molecular complexity index is 767. The number of likely N-dealkylation sites (tertiary alicyclic amines) is 2. The summed E-state index contributed by atoms with van der Waals surface area (Å²) in [5, 5.41) is 0. The number of morpholine rings is 1. The van der Waals surface area contributed by atoms with E-state index in [2.05, 4.69) is 38.8 Å². The normalized spacial score (nSPS) is 22.8.